The van der Waals surface area contributed by atoms with Crippen molar-refractivity contribution in [3.05, 3.63) is 44.3 Å². The summed E-state index contributed by atoms with van der Waals surface area (Å²) < 4.78 is 6.05. The SMILES string of the molecule is CCOC(O)c1cc(Cl)c(Br)c2c1[nH]c1ccc(Cl)cc12. The van der Waals surface area contributed by atoms with Crippen LogP contribution in [0.5, 0.6) is 0 Å². The van der Waals surface area contributed by atoms with Crippen LogP contribution < -0.4 is 0 Å². The second-order valence-corrected chi connectivity index (χ2v) is 6.27. The number of aliphatic hydroxyl groups excluding tert-OH is 1. The summed E-state index contributed by atoms with van der Waals surface area (Å²) in [6.07, 6.45) is -1.04. The molecule has 0 aliphatic heterocycles. The summed E-state index contributed by atoms with van der Waals surface area (Å²) >= 11 is 15.9. The molecule has 1 atom stereocenters. The Morgan fingerprint density at radius 2 is 2.10 bits per heavy atom. The van der Waals surface area contributed by atoms with Crippen LogP contribution in [0.25, 0.3) is 21.8 Å². The zero-order valence-electron chi connectivity index (χ0n) is 11.1. The average Bonchev–Trinajstić information content (AvgIpc) is 2.81. The molecule has 1 unspecified atom stereocenters. The first-order valence-corrected chi connectivity index (χ1v) is 7.96. The van der Waals surface area contributed by atoms with Crippen LogP contribution in [0.3, 0.4) is 0 Å². The Morgan fingerprint density at radius 1 is 1.33 bits per heavy atom. The van der Waals surface area contributed by atoms with Crippen LogP contribution >= 0.6 is 39.1 Å². The van der Waals surface area contributed by atoms with Gasteiger partial charge in [-0.05, 0) is 47.1 Å². The summed E-state index contributed by atoms with van der Waals surface area (Å²) in [6.45, 7) is 2.23. The van der Waals surface area contributed by atoms with Gasteiger partial charge >= 0.3 is 0 Å². The predicted octanol–water partition coefficient (Wildman–Crippen LogP) is 5.42. The van der Waals surface area contributed by atoms with Crippen molar-refractivity contribution in [2.75, 3.05) is 6.61 Å². The molecule has 1 heterocycles. The van der Waals surface area contributed by atoms with Crippen molar-refractivity contribution in [2.45, 2.75) is 13.2 Å². The number of fused-ring (bicyclic) bond motifs is 3. The number of aliphatic hydroxyl groups is 1. The Bertz CT molecular complexity index is 832. The number of benzene rings is 2. The monoisotopic (exact) mass is 387 g/mol. The molecule has 1 aromatic heterocycles. The number of nitrogens with one attached hydrogen (secondary N) is 1. The van der Waals surface area contributed by atoms with E-state index in [1.54, 1.807) is 6.07 Å². The van der Waals surface area contributed by atoms with E-state index in [0.717, 1.165) is 26.3 Å². The summed E-state index contributed by atoms with van der Waals surface area (Å²) in [5.41, 5.74) is 2.30. The maximum Gasteiger partial charge on any atom is 0.183 e. The number of halogens is 3. The lowest BCUT2D eigenvalue weighted by Gasteiger charge is -2.13. The highest BCUT2D eigenvalue weighted by Gasteiger charge is 2.19. The number of H-pyrrole nitrogens is 1. The van der Waals surface area contributed by atoms with E-state index in [-0.39, 0.29) is 0 Å². The second kappa shape index (κ2) is 5.78. The van der Waals surface area contributed by atoms with Gasteiger partial charge in [-0.25, -0.2) is 0 Å². The van der Waals surface area contributed by atoms with E-state index < -0.39 is 6.29 Å². The topological polar surface area (TPSA) is 45.2 Å². The Labute approximate surface area is 139 Å². The zero-order valence-corrected chi connectivity index (χ0v) is 14.2. The molecule has 0 radical (unpaired) electrons. The largest absolute Gasteiger partial charge is 0.364 e. The highest BCUT2D eigenvalue weighted by Crippen LogP contribution is 2.40. The van der Waals surface area contributed by atoms with Crippen molar-refractivity contribution >= 4 is 60.9 Å². The fourth-order valence-corrected chi connectivity index (χ4v) is 3.35. The van der Waals surface area contributed by atoms with Gasteiger partial charge in [0.15, 0.2) is 6.29 Å². The Morgan fingerprint density at radius 3 is 2.81 bits per heavy atom. The van der Waals surface area contributed by atoms with Gasteiger partial charge in [-0.1, -0.05) is 23.2 Å². The minimum Gasteiger partial charge on any atom is -0.364 e. The summed E-state index contributed by atoms with van der Waals surface area (Å²) in [5.74, 6) is 0. The van der Waals surface area contributed by atoms with E-state index in [0.29, 0.717) is 22.2 Å². The molecule has 0 fully saturated rings. The van der Waals surface area contributed by atoms with E-state index >= 15 is 0 Å². The molecular formula is C15H12BrCl2NO2. The highest BCUT2D eigenvalue weighted by atomic mass is 79.9. The number of hydrogen-bond donors (Lipinski definition) is 2. The molecular weight excluding hydrogens is 377 g/mol. The Hall–Kier alpha value is -0.780. The second-order valence-electron chi connectivity index (χ2n) is 4.63. The van der Waals surface area contributed by atoms with Gasteiger partial charge in [0.2, 0.25) is 0 Å². The van der Waals surface area contributed by atoms with Crippen LogP contribution in [0.2, 0.25) is 10.0 Å². The lowest BCUT2D eigenvalue weighted by Crippen LogP contribution is -2.03. The zero-order chi connectivity index (χ0) is 15.1. The van der Waals surface area contributed by atoms with Gasteiger partial charge in [0, 0.05) is 38.0 Å². The van der Waals surface area contributed by atoms with E-state index in [1.165, 1.54) is 0 Å². The van der Waals surface area contributed by atoms with Gasteiger partial charge < -0.3 is 14.8 Å². The summed E-state index contributed by atoms with van der Waals surface area (Å²) in [4.78, 5) is 3.29. The van der Waals surface area contributed by atoms with Crippen LogP contribution in [0, 0.1) is 0 Å². The molecule has 0 bridgehead atoms. The third-order valence-corrected chi connectivity index (χ3v) is 4.94. The lowest BCUT2D eigenvalue weighted by atomic mass is 10.1. The first kappa shape index (κ1) is 15.1. The van der Waals surface area contributed by atoms with E-state index in [4.69, 9.17) is 27.9 Å². The number of rotatable bonds is 3. The van der Waals surface area contributed by atoms with Gasteiger partial charge in [0.1, 0.15) is 0 Å². The van der Waals surface area contributed by atoms with E-state index in [2.05, 4.69) is 20.9 Å². The molecule has 0 aliphatic rings. The van der Waals surface area contributed by atoms with Crippen molar-refractivity contribution < 1.29 is 9.84 Å². The van der Waals surface area contributed by atoms with Crippen molar-refractivity contribution in [1.82, 2.24) is 4.98 Å². The quantitative estimate of drug-likeness (QED) is 0.588. The van der Waals surface area contributed by atoms with Crippen LogP contribution in [0.4, 0.5) is 0 Å². The van der Waals surface area contributed by atoms with Crippen LogP contribution in [-0.2, 0) is 4.74 Å². The first-order valence-electron chi connectivity index (χ1n) is 6.41. The van der Waals surface area contributed by atoms with Crippen LogP contribution in [0.15, 0.2) is 28.7 Å². The van der Waals surface area contributed by atoms with Gasteiger partial charge in [-0.15, -0.1) is 0 Å². The molecule has 2 aromatic carbocycles. The van der Waals surface area contributed by atoms with Crippen molar-refractivity contribution in [2.24, 2.45) is 0 Å². The fourth-order valence-electron chi connectivity index (χ4n) is 2.44. The Kier molecular flexibility index (Phi) is 4.17. The summed E-state index contributed by atoms with van der Waals surface area (Å²) in [7, 11) is 0. The number of ether oxygens (including phenoxy) is 1. The molecule has 3 aromatic rings. The molecule has 110 valence electrons. The van der Waals surface area contributed by atoms with Gasteiger partial charge in [0.25, 0.3) is 0 Å². The molecule has 0 saturated heterocycles. The van der Waals surface area contributed by atoms with Crippen molar-refractivity contribution in [3.63, 3.8) is 0 Å². The van der Waals surface area contributed by atoms with Gasteiger partial charge in [0.05, 0.1) is 10.5 Å². The average molecular weight is 389 g/mol. The molecule has 0 spiro atoms. The van der Waals surface area contributed by atoms with E-state index in [9.17, 15) is 5.11 Å². The minimum atomic E-state index is -1.04. The molecule has 2 N–H and O–H groups in total. The number of aromatic amines is 1. The third-order valence-electron chi connectivity index (χ3n) is 3.35. The standard InChI is InChI=1S/C15H12BrCl2NO2/c1-2-21-15(20)9-6-10(18)13(16)12-8-5-7(17)3-4-11(8)19-14(9)12/h3-6,15,19-20H,2H2,1H3. The van der Waals surface area contributed by atoms with Gasteiger partial charge in [-0.3, -0.25) is 0 Å². The van der Waals surface area contributed by atoms with Gasteiger partial charge in [-0.2, -0.15) is 0 Å². The van der Waals surface area contributed by atoms with Crippen LogP contribution in [-0.4, -0.2) is 16.7 Å². The highest BCUT2D eigenvalue weighted by molar-refractivity contribution is 9.10. The number of hydrogen-bond acceptors (Lipinski definition) is 2. The Balaban J connectivity index is 2.40. The molecule has 3 nitrogen and oxygen atoms in total. The van der Waals surface area contributed by atoms with Crippen molar-refractivity contribution in [3.8, 4) is 0 Å². The molecule has 0 saturated carbocycles. The molecule has 6 heteroatoms. The first-order chi connectivity index (χ1) is 10.0. The minimum absolute atomic E-state index is 0.405. The summed E-state index contributed by atoms with van der Waals surface area (Å²) in [6, 6.07) is 7.28. The maximum atomic E-state index is 10.2. The van der Waals surface area contributed by atoms with E-state index in [1.807, 2.05) is 25.1 Å². The smallest absolute Gasteiger partial charge is 0.183 e. The predicted molar refractivity (Wildman–Crippen MR) is 90.1 cm³/mol. The van der Waals surface area contributed by atoms with Crippen molar-refractivity contribution in [1.29, 1.82) is 0 Å². The molecule has 0 aliphatic carbocycles. The molecule has 3 rings (SSSR count). The maximum absolute atomic E-state index is 10.2. The number of aromatic nitrogens is 1. The lowest BCUT2D eigenvalue weighted by molar-refractivity contribution is -0.0970. The fraction of sp³-hybridized carbons (Fsp3) is 0.200. The normalized spacial score (nSPS) is 13.2. The third kappa shape index (κ3) is 2.56. The molecule has 0 amide bonds. The molecule has 21 heavy (non-hydrogen) atoms. The summed E-state index contributed by atoms with van der Waals surface area (Å²) in [5, 5.41) is 13.1. The van der Waals surface area contributed by atoms with Crippen LogP contribution in [0.1, 0.15) is 18.8 Å².